The van der Waals surface area contributed by atoms with Crippen molar-refractivity contribution in [3.05, 3.63) is 60.4 Å². The molecule has 0 amide bonds. The van der Waals surface area contributed by atoms with Crippen molar-refractivity contribution in [2.75, 3.05) is 18.5 Å². The summed E-state index contributed by atoms with van der Waals surface area (Å²) in [6.45, 7) is 3.97. The van der Waals surface area contributed by atoms with Gasteiger partial charge in [-0.3, -0.25) is 0 Å². The van der Waals surface area contributed by atoms with Gasteiger partial charge in [-0.25, -0.2) is 4.68 Å². The Kier molecular flexibility index (Phi) is 4.32. The maximum absolute atomic E-state index is 6.12. The number of anilines is 1. The van der Waals surface area contributed by atoms with E-state index < -0.39 is 0 Å². The second-order valence-corrected chi connectivity index (χ2v) is 7.91. The van der Waals surface area contributed by atoms with Crippen molar-refractivity contribution in [2.24, 2.45) is 0 Å². The topological polar surface area (TPSA) is 42.3 Å². The molecule has 5 heteroatoms. The fourth-order valence-electron chi connectivity index (χ4n) is 4.42. The van der Waals surface area contributed by atoms with E-state index in [1.54, 1.807) is 6.20 Å². The Morgan fingerprint density at radius 2 is 2.07 bits per heavy atom. The third kappa shape index (κ3) is 3.06. The van der Waals surface area contributed by atoms with Crippen LogP contribution >= 0.6 is 0 Å². The lowest BCUT2D eigenvalue weighted by Gasteiger charge is -2.36. The number of ether oxygens (including phenoxy) is 1. The van der Waals surface area contributed by atoms with E-state index in [0.29, 0.717) is 18.7 Å². The molecule has 0 radical (unpaired) electrons. The Morgan fingerprint density at radius 1 is 1.18 bits per heavy atom. The van der Waals surface area contributed by atoms with Crippen molar-refractivity contribution in [1.29, 1.82) is 0 Å². The molecule has 1 fully saturated rings. The first-order chi connectivity index (χ1) is 13.7. The minimum atomic E-state index is 0.582. The first-order valence-corrected chi connectivity index (χ1v) is 10.1. The van der Waals surface area contributed by atoms with E-state index in [1.165, 1.54) is 29.7 Å². The molecule has 1 aromatic heterocycles. The van der Waals surface area contributed by atoms with E-state index in [0.717, 1.165) is 23.5 Å². The van der Waals surface area contributed by atoms with Crippen LogP contribution in [0.4, 0.5) is 5.69 Å². The lowest BCUT2D eigenvalue weighted by atomic mass is 9.94. The molecule has 5 nitrogen and oxygen atoms in total. The Hall–Kier alpha value is -2.79. The number of hydrogen-bond acceptors (Lipinski definition) is 4. The fourth-order valence-corrected chi connectivity index (χ4v) is 4.42. The lowest BCUT2D eigenvalue weighted by molar-refractivity contribution is 0.302. The maximum Gasteiger partial charge on any atom is 0.129 e. The highest BCUT2D eigenvalue weighted by molar-refractivity contribution is 5.78. The predicted molar refractivity (Wildman–Crippen MR) is 112 cm³/mol. The molecular formula is C23H26N4O. The molecular weight excluding hydrogens is 348 g/mol. The molecule has 1 saturated heterocycles. The van der Waals surface area contributed by atoms with E-state index >= 15 is 0 Å². The van der Waals surface area contributed by atoms with Gasteiger partial charge >= 0.3 is 0 Å². The van der Waals surface area contributed by atoms with Gasteiger partial charge in [-0.1, -0.05) is 6.07 Å². The second kappa shape index (κ2) is 6.99. The molecule has 0 spiro atoms. The lowest BCUT2D eigenvalue weighted by Crippen LogP contribution is -2.45. The number of hydrogen-bond donors (Lipinski definition) is 1. The van der Waals surface area contributed by atoms with Gasteiger partial charge in [-0.05, 0) is 67.8 Å². The quantitative estimate of drug-likeness (QED) is 0.752. The minimum absolute atomic E-state index is 0.582. The molecule has 5 rings (SSSR count). The largest absolute Gasteiger partial charge is 0.488 e. The summed E-state index contributed by atoms with van der Waals surface area (Å²) in [5.41, 5.74) is 5.97. The van der Waals surface area contributed by atoms with E-state index in [4.69, 9.17) is 4.74 Å². The van der Waals surface area contributed by atoms with Crippen molar-refractivity contribution in [1.82, 2.24) is 15.1 Å². The summed E-state index contributed by atoms with van der Waals surface area (Å²) < 4.78 is 7.97. The highest BCUT2D eigenvalue weighted by Crippen LogP contribution is 2.40. The van der Waals surface area contributed by atoms with Gasteiger partial charge in [-0.15, -0.1) is 0 Å². The molecule has 3 heterocycles. The highest BCUT2D eigenvalue weighted by atomic mass is 16.5. The molecule has 2 unspecified atom stereocenters. The van der Waals surface area contributed by atoms with E-state index in [2.05, 4.69) is 65.7 Å². The number of fused-ring (bicyclic) bond motifs is 3. The molecule has 0 bridgehead atoms. The van der Waals surface area contributed by atoms with Gasteiger partial charge in [0.1, 0.15) is 12.4 Å². The molecule has 2 aliphatic heterocycles. The Bertz CT molecular complexity index is 982. The summed E-state index contributed by atoms with van der Waals surface area (Å²) in [6.07, 6.45) is 6.11. The number of nitrogens with zero attached hydrogens (tertiary/aromatic N) is 3. The van der Waals surface area contributed by atoms with Gasteiger partial charge in [0.15, 0.2) is 0 Å². The first-order valence-electron chi connectivity index (χ1n) is 10.1. The average molecular weight is 374 g/mol. The summed E-state index contributed by atoms with van der Waals surface area (Å²) in [5, 5.41) is 7.85. The van der Waals surface area contributed by atoms with Crippen LogP contribution in [0.1, 0.15) is 25.3 Å². The van der Waals surface area contributed by atoms with Crippen LogP contribution in [0.2, 0.25) is 0 Å². The summed E-state index contributed by atoms with van der Waals surface area (Å²) in [4.78, 5) is 2.44. The smallest absolute Gasteiger partial charge is 0.129 e. The van der Waals surface area contributed by atoms with Gasteiger partial charge < -0.3 is 15.0 Å². The minimum Gasteiger partial charge on any atom is -0.488 e. The van der Waals surface area contributed by atoms with Crippen LogP contribution in [0, 0.1) is 0 Å². The Morgan fingerprint density at radius 3 is 2.89 bits per heavy atom. The van der Waals surface area contributed by atoms with Crippen LogP contribution in [-0.4, -0.2) is 35.5 Å². The molecule has 1 N–H and O–H groups in total. The second-order valence-electron chi connectivity index (χ2n) is 7.91. The van der Waals surface area contributed by atoms with Crippen molar-refractivity contribution < 1.29 is 4.74 Å². The van der Waals surface area contributed by atoms with Crippen molar-refractivity contribution in [3.63, 3.8) is 0 Å². The van der Waals surface area contributed by atoms with Crippen molar-refractivity contribution in [2.45, 2.75) is 38.5 Å². The van der Waals surface area contributed by atoms with E-state index in [1.807, 2.05) is 16.9 Å². The summed E-state index contributed by atoms with van der Waals surface area (Å²) in [7, 11) is 2.22. The molecule has 3 aromatic rings. The number of nitrogens with one attached hydrogen (secondary N) is 1. The van der Waals surface area contributed by atoms with Crippen LogP contribution in [0.5, 0.6) is 5.75 Å². The number of rotatable bonds is 3. The highest BCUT2D eigenvalue weighted by Gasteiger charge is 2.24. The SMILES string of the molecule is CC1CC(N(C)c2ccc3c(c2)COc2cc(-n4cccn4)ccc2-3)CCN1. The van der Waals surface area contributed by atoms with Crippen LogP contribution in [0.15, 0.2) is 54.9 Å². The Labute approximate surface area is 165 Å². The molecule has 2 aromatic carbocycles. The standard InChI is InChI=1S/C23H26N4O/c1-16-12-19(8-10-24-16)26(2)18-4-6-21-17(13-18)15-28-23-14-20(5-7-22(21)23)27-11-3-9-25-27/h3-7,9,11,13-14,16,19,24H,8,10,12,15H2,1-2H3. The first kappa shape index (κ1) is 17.3. The Balaban J connectivity index is 1.44. The average Bonchev–Trinajstić information content (AvgIpc) is 3.27. The van der Waals surface area contributed by atoms with Gasteiger partial charge in [0, 0.05) is 48.8 Å². The zero-order chi connectivity index (χ0) is 19.1. The zero-order valence-corrected chi connectivity index (χ0v) is 16.4. The molecule has 0 saturated carbocycles. The summed E-state index contributed by atoms with van der Waals surface area (Å²) in [5.74, 6) is 0.925. The van der Waals surface area contributed by atoms with Gasteiger partial charge in [-0.2, -0.15) is 5.10 Å². The zero-order valence-electron chi connectivity index (χ0n) is 16.4. The predicted octanol–water partition coefficient (Wildman–Crippen LogP) is 4.01. The monoisotopic (exact) mass is 374 g/mol. The van der Waals surface area contributed by atoms with Crippen LogP contribution < -0.4 is 15.0 Å². The summed E-state index contributed by atoms with van der Waals surface area (Å²) in [6, 6.07) is 16.2. The van der Waals surface area contributed by atoms with Crippen LogP contribution in [0.3, 0.4) is 0 Å². The number of benzene rings is 2. The van der Waals surface area contributed by atoms with Crippen molar-refractivity contribution in [3.8, 4) is 22.6 Å². The van der Waals surface area contributed by atoms with Gasteiger partial charge in [0.2, 0.25) is 0 Å². The van der Waals surface area contributed by atoms with Crippen LogP contribution in [0.25, 0.3) is 16.8 Å². The molecule has 2 atom stereocenters. The molecule has 0 aliphatic carbocycles. The van der Waals surface area contributed by atoms with E-state index in [9.17, 15) is 0 Å². The van der Waals surface area contributed by atoms with Crippen molar-refractivity contribution >= 4 is 5.69 Å². The maximum atomic E-state index is 6.12. The number of piperidine rings is 1. The van der Waals surface area contributed by atoms with Crippen LogP contribution in [-0.2, 0) is 6.61 Å². The molecule has 2 aliphatic rings. The molecule has 28 heavy (non-hydrogen) atoms. The number of aromatic nitrogens is 2. The fraction of sp³-hybridized carbons (Fsp3) is 0.348. The third-order valence-corrected chi connectivity index (χ3v) is 6.05. The van der Waals surface area contributed by atoms with E-state index in [-0.39, 0.29) is 0 Å². The normalized spacial score (nSPS) is 20.8. The van der Waals surface area contributed by atoms with Gasteiger partial charge in [0.25, 0.3) is 0 Å². The van der Waals surface area contributed by atoms with Gasteiger partial charge in [0.05, 0.1) is 5.69 Å². The third-order valence-electron chi connectivity index (χ3n) is 6.05. The molecule has 144 valence electrons. The summed E-state index contributed by atoms with van der Waals surface area (Å²) >= 11 is 0.